The molecule has 3 rings (SSSR count). The average molecular weight is 350 g/mol. The first-order valence-electron chi connectivity index (χ1n) is 7.52. The lowest BCUT2D eigenvalue weighted by atomic mass is 9.99. The summed E-state index contributed by atoms with van der Waals surface area (Å²) in [6.07, 6.45) is 0.253. The molecule has 0 aromatic heterocycles. The molecule has 1 aliphatic heterocycles. The molecule has 0 N–H and O–H groups in total. The van der Waals surface area contributed by atoms with Crippen molar-refractivity contribution in [2.45, 2.75) is 26.0 Å². The van der Waals surface area contributed by atoms with Crippen molar-refractivity contribution in [1.82, 2.24) is 4.90 Å². The van der Waals surface area contributed by atoms with Gasteiger partial charge in [-0.1, -0.05) is 53.5 Å². The number of carbonyl (C=O) groups is 1. The Balaban J connectivity index is 1.70. The van der Waals surface area contributed by atoms with E-state index < -0.39 is 6.10 Å². The number of fused-ring (bicyclic) bond motifs is 1. The summed E-state index contributed by atoms with van der Waals surface area (Å²) in [7, 11) is 0. The van der Waals surface area contributed by atoms with Gasteiger partial charge >= 0.3 is 0 Å². The molecule has 3 nitrogen and oxygen atoms in total. The molecule has 0 unspecified atom stereocenters. The van der Waals surface area contributed by atoms with Crippen molar-refractivity contribution < 1.29 is 9.53 Å². The molecule has 0 spiro atoms. The van der Waals surface area contributed by atoms with E-state index in [0.717, 1.165) is 6.42 Å². The Morgan fingerprint density at radius 3 is 2.65 bits per heavy atom. The van der Waals surface area contributed by atoms with Gasteiger partial charge in [0.2, 0.25) is 0 Å². The van der Waals surface area contributed by atoms with Crippen LogP contribution in [-0.2, 0) is 17.8 Å². The Morgan fingerprint density at radius 2 is 1.87 bits per heavy atom. The third-order valence-electron chi connectivity index (χ3n) is 4.01. The summed E-state index contributed by atoms with van der Waals surface area (Å²) in [6, 6.07) is 13.4. The second kappa shape index (κ2) is 6.81. The quantitative estimate of drug-likeness (QED) is 0.824. The zero-order chi connectivity index (χ0) is 16.4. The summed E-state index contributed by atoms with van der Waals surface area (Å²) in [5.41, 5.74) is 2.50. The number of hydrogen-bond acceptors (Lipinski definition) is 2. The van der Waals surface area contributed by atoms with Crippen LogP contribution in [-0.4, -0.2) is 23.5 Å². The zero-order valence-electron chi connectivity index (χ0n) is 12.8. The molecular weight excluding hydrogens is 333 g/mol. The lowest BCUT2D eigenvalue weighted by Crippen LogP contribution is -2.43. The SMILES string of the molecule is C[C@@H](Oc1cccc(Cl)c1Cl)C(=O)N1CCc2ccccc2C1. The van der Waals surface area contributed by atoms with Crippen LogP contribution >= 0.6 is 23.2 Å². The van der Waals surface area contributed by atoms with Gasteiger partial charge in [-0.25, -0.2) is 0 Å². The minimum atomic E-state index is -0.615. The van der Waals surface area contributed by atoms with Crippen LogP contribution in [0.25, 0.3) is 0 Å². The van der Waals surface area contributed by atoms with Crippen LogP contribution < -0.4 is 4.74 Å². The summed E-state index contributed by atoms with van der Waals surface area (Å²) in [6.45, 7) is 3.05. The molecule has 2 aromatic carbocycles. The van der Waals surface area contributed by atoms with E-state index in [2.05, 4.69) is 12.1 Å². The van der Waals surface area contributed by atoms with Gasteiger partial charge in [0.25, 0.3) is 5.91 Å². The molecule has 2 aromatic rings. The molecule has 5 heteroatoms. The standard InChI is InChI=1S/C18H17Cl2NO2/c1-12(23-16-8-4-7-15(19)17(16)20)18(22)21-10-9-13-5-2-3-6-14(13)11-21/h2-8,12H,9-11H2,1H3/t12-/m1/s1. The third kappa shape index (κ3) is 3.46. The molecule has 0 fully saturated rings. The van der Waals surface area contributed by atoms with Crippen LogP contribution in [0, 0.1) is 0 Å². The monoisotopic (exact) mass is 349 g/mol. The summed E-state index contributed by atoms with van der Waals surface area (Å²) < 4.78 is 5.72. The number of hydrogen-bond donors (Lipinski definition) is 0. The average Bonchev–Trinajstić information content (AvgIpc) is 2.57. The maximum absolute atomic E-state index is 12.6. The van der Waals surface area contributed by atoms with Gasteiger partial charge in [-0.2, -0.15) is 0 Å². The second-order valence-corrected chi connectivity index (χ2v) is 6.38. The predicted octanol–water partition coefficient (Wildman–Crippen LogP) is 4.35. The van der Waals surface area contributed by atoms with Crippen molar-refractivity contribution in [3.8, 4) is 5.75 Å². The van der Waals surface area contributed by atoms with Crippen LogP contribution in [0.5, 0.6) is 5.75 Å². The molecule has 0 radical (unpaired) electrons. The van der Waals surface area contributed by atoms with Crippen LogP contribution in [0.3, 0.4) is 0 Å². The third-order valence-corrected chi connectivity index (χ3v) is 4.81. The fraction of sp³-hybridized carbons (Fsp3) is 0.278. The predicted molar refractivity (Wildman–Crippen MR) is 92.1 cm³/mol. The van der Waals surface area contributed by atoms with Crippen LogP contribution in [0.1, 0.15) is 18.1 Å². The maximum Gasteiger partial charge on any atom is 0.263 e. The lowest BCUT2D eigenvalue weighted by molar-refractivity contribution is -0.138. The van der Waals surface area contributed by atoms with Gasteiger partial charge < -0.3 is 9.64 Å². The van der Waals surface area contributed by atoms with Crippen molar-refractivity contribution in [3.63, 3.8) is 0 Å². The molecule has 1 aliphatic rings. The number of halogens is 2. The fourth-order valence-corrected chi connectivity index (χ4v) is 3.09. The van der Waals surface area contributed by atoms with E-state index in [9.17, 15) is 4.79 Å². The van der Waals surface area contributed by atoms with E-state index in [1.807, 2.05) is 17.0 Å². The molecular formula is C18H17Cl2NO2. The first-order valence-corrected chi connectivity index (χ1v) is 8.28. The van der Waals surface area contributed by atoms with Crippen molar-refractivity contribution in [3.05, 3.63) is 63.6 Å². The molecule has 0 saturated carbocycles. The minimum Gasteiger partial charge on any atom is -0.479 e. The molecule has 23 heavy (non-hydrogen) atoms. The smallest absolute Gasteiger partial charge is 0.263 e. The largest absolute Gasteiger partial charge is 0.479 e. The van der Waals surface area contributed by atoms with Gasteiger partial charge in [0.15, 0.2) is 6.10 Å². The first kappa shape index (κ1) is 16.2. The van der Waals surface area contributed by atoms with Gasteiger partial charge in [0.05, 0.1) is 5.02 Å². The Labute approximate surface area is 145 Å². The Bertz CT molecular complexity index is 733. The van der Waals surface area contributed by atoms with Crippen molar-refractivity contribution in [2.75, 3.05) is 6.54 Å². The Morgan fingerprint density at radius 1 is 1.13 bits per heavy atom. The number of benzene rings is 2. The minimum absolute atomic E-state index is 0.0458. The number of amides is 1. The van der Waals surface area contributed by atoms with Crippen LogP contribution in [0.2, 0.25) is 10.0 Å². The topological polar surface area (TPSA) is 29.5 Å². The molecule has 1 amide bonds. The van der Waals surface area contributed by atoms with E-state index in [1.165, 1.54) is 11.1 Å². The maximum atomic E-state index is 12.6. The molecule has 0 saturated heterocycles. The highest BCUT2D eigenvalue weighted by molar-refractivity contribution is 6.42. The van der Waals surface area contributed by atoms with E-state index in [1.54, 1.807) is 25.1 Å². The molecule has 1 heterocycles. The van der Waals surface area contributed by atoms with Gasteiger partial charge in [-0.05, 0) is 36.6 Å². The van der Waals surface area contributed by atoms with E-state index in [-0.39, 0.29) is 5.91 Å². The number of ether oxygens (including phenoxy) is 1. The zero-order valence-corrected chi connectivity index (χ0v) is 14.3. The normalized spacial score (nSPS) is 15.0. The molecule has 1 atom stereocenters. The fourth-order valence-electron chi connectivity index (χ4n) is 2.76. The molecule has 0 bridgehead atoms. The second-order valence-electron chi connectivity index (χ2n) is 5.59. The molecule has 120 valence electrons. The van der Waals surface area contributed by atoms with Crippen molar-refractivity contribution >= 4 is 29.1 Å². The van der Waals surface area contributed by atoms with E-state index in [4.69, 9.17) is 27.9 Å². The van der Waals surface area contributed by atoms with Crippen LogP contribution in [0.4, 0.5) is 0 Å². The number of rotatable bonds is 3. The van der Waals surface area contributed by atoms with Gasteiger partial charge in [-0.15, -0.1) is 0 Å². The van der Waals surface area contributed by atoms with E-state index in [0.29, 0.717) is 28.9 Å². The molecule has 0 aliphatic carbocycles. The highest BCUT2D eigenvalue weighted by atomic mass is 35.5. The van der Waals surface area contributed by atoms with Gasteiger partial charge in [0, 0.05) is 13.1 Å². The Hall–Kier alpha value is -1.71. The first-order chi connectivity index (χ1) is 11.1. The van der Waals surface area contributed by atoms with Crippen LogP contribution in [0.15, 0.2) is 42.5 Å². The number of carbonyl (C=O) groups excluding carboxylic acids is 1. The highest BCUT2D eigenvalue weighted by Crippen LogP contribution is 2.32. The number of nitrogens with zero attached hydrogens (tertiary/aromatic N) is 1. The summed E-state index contributed by atoms with van der Waals surface area (Å²) in [4.78, 5) is 14.5. The lowest BCUT2D eigenvalue weighted by Gasteiger charge is -2.31. The van der Waals surface area contributed by atoms with Crippen molar-refractivity contribution in [1.29, 1.82) is 0 Å². The van der Waals surface area contributed by atoms with Crippen molar-refractivity contribution in [2.24, 2.45) is 0 Å². The van der Waals surface area contributed by atoms with Gasteiger partial charge in [0.1, 0.15) is 10.8 Å². The summed E-state index contributed by atoms with van der Waals surface area (Å²) in [5.74, 6) is 0.382. The van der Waals surface area contributed by atoms with Gasteiger partial charge in [-0.3, -0.25) is 4.79 Å². The Kier molecular flexibility index (Phi) is 4.79. The highest BCUT2D eigenvalue weighted by Gasteiger charge is 2.26. The van der Waals surface area contributed by atoms with E-state index >= 15 is 0 Å². The summed E-state index contributed by atoms with van der Waals surface area (Å²) >= 11 is 12.1. The summed E-state index contributed by atoms with van der Waals surface area (Å²) in [5, 5.41) is 0.744.